The summed E-state index contributed by atoms with van der Waals surface area (Å²) in [7, 11) is 0. The molecule has 0 radical (unpaired) electrons. The van der Waals surface area contributed by atoms with E-state index in [2.05, 4.69) is 11.1 Å². The maximum atomic E-state index is 13.3. The number of hydrogen-bond donors (Lipinski definition) is 0. The van der Waals surface area contributed by atoms with Crippen LogP contribution in [0.15, 0.2) is 12.3 Å². The number of hydrogen-bond acceptors (Lipinski definition) is 2. The topological polar surface area (TPSA) is 41.1 Å². The van der Waals surface area contributed by atoms with Gasteiger partial charge in [-0.1, -0.05) is 25.4 Å². The van der Waals surface area contributed by atoms with Crippen LogP contribution >= 0.6 is 11.6 Å². The van der Waals surface area contributed by atoms with Crippen molar-refractivity contribution in [1.82, 2.24) is 9.38 Å². The van der Waals surface area contributed by atoms with Gasteiger partial charge < -0.3 is 0 Å². The first kappa shape index (κ1) is 11.9. The zero-order valence-electron chi connectivity index (χ0n) is 9.54. The van der Waals surface area contributed by atoms with Gasteiger partial charge in [0, 0.05) is 6.20 Å². The van der Waals surface area contributed by atoms with Gasteiger partial charge in [-0.25, -0.2) is 9.37 Å². The minimum absolute atomic E-state index is 0.164. The van der Waals surface area contributed by atoms with Crippen LogP contribution in [-0.2, 0) is 6.42 Å². The van der Waals surface area contributed by atoms with Crippen molar-refractivity contribution in [3.8, 4) is 6.07 Å². The Bertz CT molecular complexity index is 610. The van der Waals surface area contributed by atoms with Crippen LogP contribution in [0.5, 0.6) is 0 Å². The Morgan fingerprint density at radius 1 is 1.59 bits per heavy atom. The third-order valence-corrected chi connectivity index (χ3v) is 2.84. The Kier molecular flexibility index (Phi) is 3.03. The van der Waals surface area contributed by atoms with Gasteiger partial charge in [0.2, 0.25) is 0 Å². The maximum absolute atomic E-state index is 13.3. The molecule has 3 nitrogen and oxygen atoms in total. The Hall–Kier alpha value is -1.60. The van der Waals surface area contributed by atoms with Crippen molar-refractivity contribution in [2.45, 2.75) is 26.2 Å². The van der Waals surface area contributed by atoms with Crippen molar-refractivity contribution in [3.05, 3.63) is 34.5 Å². The first-order chi connectivity index (χ1) is 8.04. The first-order valence-electron chi connectivity index (χ1n) is 5.27. The summed E-state index contributed by atoms with van der Waals surface area (Å²) in [5.74, 6) is -0.272. The molecule has 5 heteroatoms. The lowest BCUT2D eigenvalue weighted by Gasteiger charge is -2.03. The van der Waals surface area contributed by atoms with E-state index in [0.29, 0.717) is 11.3 Å². The largest absolute Gasteiger partial charge is 0.299 e. The Balaban J connectivity index is 2.81. The van der Waals surface area contributed by atoms with Crippen LogP contribution in [0.1, 0.15) is 31.2 Å². The Morgan fingerprint density at radius 2 is 2.29 bits per heavy atom. The quantitative estimate of drug-likeness (QED) is 0.822. The molecule has 2 aromatic heterocycles. The van der Waals surface area contributed by atoms with Crippen LogP contribution < -0.4 is 0 Å². The average Bonchev–Trinajstić information content (AvgIpc) is 2.58. The van der Waals surface area contributed by atoms with E-state index in [1.807, 2.05) is 13.8 Å². The van der Waals surface area contributed by atoms with Crippen molar-refractivity contribution < 1.29 is 4.39 Å². The molecule has 2 aromatic rings. The van der Waals surface area contributed by atoms with Crippen LogP contribution in [0.25, 0.3) is 5.65 Å². The minimum Gasteiger partial charge on any atom is -0.299 e. The molecule has 0 amide bonds. The zero-order valence-corrected chi connectivity index (χ0v) is 10.3. The number of nitriles is 1. The lowest BCUT2D eigenvalue weighted by atomic mass is 10.1. The van der Waals surface area contributed by atoms with Crippen molar-refractivity contribution in [2.24, 2.45) is 0 Å². The van der Waals surface area contributed by atoms with Gasteiger partial charge in [0.15, 0.2) is 5.65 Å². The molecule has 0 aliphatic heterocycles. The van der Waals surface area contributed by atoms with E-state index >= 15 is 0 Å². The molecule has 0 saturated heterocycles. The van der Waals surface area contributed by atoms with Crippen LogP contribution in [0.4, 0.5) is 4.39 Å². The second-order valence-electron chi connectivity index (χ2n) is 4.13. The van der Waals surface area contributed by atoms with Gasteiger partial charge in [-0.05, 0) is 12.0 Å². The average molecular weight is 252 g/mol. The summed E-state index contributed by atoms with van der Waals surface area (Å²) in [6, 6.07) is 3.30. The van der Waals surface area contributed by atoms with E-state index in [-0.39, 0.29) is 17.4 Å². The molecule has 0 unspecified atom stereocenters. The van der Waals surface area contributed by atoms with Crippen molar-refractivity contribution in [2.75, 3.05) is 0 Å². The van der Waals surface area contributed by atoms with E-state index in [4.69, 9.17) is 16.9 Å². The molecular formula is C12H11ClFN3. The van der Waals surface area contributed by atoms with E-state index in [0.717, 1.165) is 5.69 Å². The molecule has 88 valence electrons. The molecule has 0 saturated carbocycles. The standard InChI is InChI=1S/C12H11ClFN3/c1-7(2)11-10(3-4-15)17-6-8(14)5-9(13)12(17)16-11/h5-7H,3H2,1-2H3. The summed E-state index contributed by atoms with van der Waals surface area (Å²) in [5, 5.41) is 9.08. The maximum Gasteiger partial charge on any atom is 0.156 e. The number of aromatic nitrogens is 2. The summed E-state index contributed by atoms with van der Waals surface area (Å²) in [5.41, 5.74) is 2.00. The Labute approximate surface area is 103 Å². The first-order valence-corrected chi connectivity index (χ1v) is 5.65. The molecule has 0 spiro atoms. The third-order valence-electron chi connectivity index (χ3n) is 2.57. The van der Waals surface area contributed by atoms with Gasteiger partial charge in [0.1, 0.15) is 5.82 Å². The molecule has 2 rings (SSSR count). The normalized spacial score (nSPS) is 11.1. The summed E-state index contributed by atoms with van der Waals surface area (Å²) in [6.45, 7) is 3.96. The SMILES string of the molecule is CC(C)c1nc2c(Cl)cc(F)cn2c1CC#N. The third kappa shape index (κ3) is 1.98. The van der Waals surface area contributed by atoms with E-state index in [1.165, 1.54) is 12.3 Å². The molecule has 0 bridgehead atoms. The number of nitrogens with zero attached hydrogens (tertiary/aromatic N) is 3. The zero-order chi connectivity index (χ0) is 12.6. The van der Waals surface area contributed by atoms with E-state index in [1.54, 1.807) is 4.40 Å². The van der Waals surface area contributed by atoms with E-state index < -0.39 is 5.82 Å². The summed E-state index contributed by atoms with van der Waals surface area (Å²) in [4.78, 5) is 4.38. The fourth-order valence-electron chi connectivity index (χ4n) is 1.85. The highest BCUT2D eigenvalue weighted by atomic mass is 35.5. The summed E-state index contributed by atoms with van der Waals surface area (Å²) in [6.07, 6.45) is 1.50. The highest BCUT2D eigenvalue weighted by molar-refractivity contribution is 6.33. The van der Waals surface area contributed by atoms with E-state index in [9.17, 15) is 4.39 Å². The number of fused-ring (bicyclic) bond motifs is 1. The minimum atomic E-state index is -0.436. The highest BCUT2D eigenvalue weighted by Gasteiger charge is 2.17. The van der Waals surface area contributed by atoms with Crippen LogP contribution in [0, 0.1) is 17.1 Å². The molecule has 0 aromatic carbocycles. The van der Waals surface area contributed by atoms with Gasteiger partial charge in [0.25, 0.3) is 0 Å². The second kappa shape index (κ2) is 4.34. The molecule has 0 aliphatic rings. The molecule has 0 N–H and O–H groups in total. The van der Waals surface area contributed by atoms with Gasteiger partial charge in [-0.3, -0.25) is 4.40 Å². The lowest BCUT2D eigenvalue weighted by molar-refractivity contribution is 0.618. The molecular weight excluding hydrogens is 241 g/mol. The van der Waals surface area contributed by atoms with Crippen LogP contribution in [0.3, 0.4) is 0 Å². The van der Waals surface area contributed by atoms with Crippen LogP contribution in [0.2, 0.25) is 5.02 Å². The fraction of sp³-hybridized carbons (Fsp3) is 0.333. The number of pyridine rings is 1. The number of rotatable bonds is 2. The molecule has 0 fully saturated rings. The number of halogens is 2. The van der Waals surface area contributed by atoms with Gasteiger partial charge >= 0.3 is 0 Å². The Morgan fingerprint density at radius 3 is 2.88 bits per heavy atom. The molecule has 0 atom stereocenters. The van der Waals surface area contributed by atoms with Crippen molar-refractivity contribution in [3.63, 3.8) is 0 Å². The smallest absolute Gasteiger partial charge is 0.156 e. The van der Waals surface area contributed by atoms with Crippen LogP contribution in [-0.4, -0.2) is 9.38 Å². The summed E-state index contributed by atoms with van der Waals surface area (Å²) < 4.78 is 14.9. The second-order valence-corrected chi connectivity index (χ2v) is 4.54. The lowest BCUT2D eigenvalue weighted by Crippen LogP contribution is -1.98. The highest BCUT2D eigenvalue weighted by Crippen LogP contribution is 2.26. The molecule has 17 heavy (non-hydrogen) atoms. The molecule has 2 heterocycles. The summed E-state index contributed by atoms with van der Waals surface area (Å²) >= 11 is 5.95. The monoisotopic (exact) mass is 251 g/mol. The van der Waals surface area contributed by atoms with Gasteiger partial charge in [-0.2, -0.15) is 5.26 Å². The predicted octanol–water partition coefficient (Wildman–Crippen LogP) is 3.32. The van der Waals surface area contributed by atoms with Crippen molar-refractivity contribution in [1.29, 1.82) is 5.26 Å². The fourth-order valence-corrected chi connectivity index (χ4v) is 2.09. The van der Waals surface area contributed by atoms with Gasteiger partial charge in [0.05, 0.1) is 28.9 Å². The predicted molar refractivity (Wildman–Crippen MR) is 63.6 cm³/mol. The molecule has 0 aliphatic carbocycles. The number of imidazole rings is 1. The van der Waals surface area contributed by atoms with Gasteiger partial charge in [-0.15, -0.1) is 0 Å². The van der Waals surface area contributed by atoms with Crippen molar-refractivity contribution >= 4 is 17.2 Å².